The van der Waals surface area contributed by atoms with E-state index in [9.17, 15) is 8.42 Å². The Kier molecular flexibility index (Phi) is 4.38. The van der Waals surface area contributed by atoms with Gasteiger partial charge in [0.2, 0.25) is 10.0 Å². The van der Waals surface area contributed by atoms with E-state index in [0.29, 0.717) is 6.54 Å². The molecule has 1 N–H and O–H groups in total. The minimum Gasteiger partial charge on any atom is -0.240 e. The minimum atomic E-state index is -3.41. The van der Waals surface area contributed by atoms with Gasteiger partial charge in [-0.05, 0) is 46.6 Å². The molecule has 1 aromatic carbocycles. The Balaban J connectivity index is 2.23. The zero-order valence-electron chi connectivity index (χ0n) is 10.4. The molecule has 19 heavy (non-hydrogen) atoms. The summed E-state index contributed by atoms with van der Waals surface area (Å²) in [6, 6.07) is 6.59. The van der Waals surface area contributed by atoms with Crippen molar-refractivity contribution in [3.63, 3.8) is 0 Å². The third-order valence-corrected chi connectivity index (χ3v) is 4.39. The van der Waals surface area contributed by atoms with Crippen molar-refractivity contribution < 1.29 is 8.42 Å². The Hall–Kier alpha value is -1.18. The molecule has 102 valence electrons. The molecule has 0 aliphatic heterocycles. The number of halogens is 1. The highest BCUT2D eigenvalue weighted by Gasteiger charge is 2.12. The van der Waals surface area contributed by atoms with E-state index in [2.05, 4.69) is 25.8 Å². The number of sulfonamides is 1. The molecule has 0 fully saturated rings. The number of nitrogens with zero attached hydrogens (tertiary/aromatic N) is 2. The van der Waals surface area contributed by atoms with Gasteiger partial charge in [0.05, 0.1) is 21.3 Å². The number of hydrogen-bond donors (Lipinski definition) is 1. The van der Waals surface area contributed by atoms with Gasteiger partial charge in [-0.15, -0.1) is 0 Å². The van der Waals surface area contributed by atoms with Gasteiger partial charge in [-0.3, -0.25) is 0 Å². The second-order valence-corrected chi connectivity index (χ2v) is 6.68. The van der Waals surface area contributed by atoms with Crippen LogP contribution in [0.4, 0.5) is 0 Å². The summed E-state index contributed by atoms with van der Waals surface area (Å²) in [5.74, 6) is 0. The van der Waals surface area contributed by atoms with Gasteiger partial charge in [0, 0.05) is 12.7 Å². The van der Waals surface area contributed by atoms with Gasteiger partial charge < -0.3 is 0 Å². The van der Waals surface area contributed by atoms with Crippen LogP contribution < -0.4 is 4.72 Å². The molecular weight excluding hydrogens is 330 g/mol. The predicted octanol–water partition coefficient (Wildman–Crippen LogP) is 2.32. The van der Waals surface area contributed by atoms with Gasteiger partial charge in [0.1, 0.15) is 0 Å². The summed E-state index contributed by atoms with van der Waals surface area (Å²) in [4.78, 5) is 0.260. The first-order chi connectivity index (χ1) is 9.03. The lowest BCUT2D eigenvalue weighted by molar-refractivity contribution is 0.581. The molecule has 0 aliphatic carbocycles. The van der Waals surface area contributed by atoms with Gasteiger partial charge in [-0.25, -0.2) is 17.8 Å². The summed E-state index contributed by atoms with van der Waals surface area (Å²) in [7, 11) is -3.41. The summed E-state index contributed by atoms with van der Waals surface area (Å²) in [6.45, 7) is 2.36. The van der Waals surface area contributed by atoms with Crippen LogP contribution in [0.25, 0.3) is 5.69 Å². The fourth-order valence-electron chi connectivity index (χ4n) is 1.54. The Labute approximate surface area is 120 Å². The van der Waals surface area contributed by atoms with Crippen LogP contribution in [0.15, 0.2) is 46.0 Å². The maximum atomic E-state index is 11.9. The highest BCUT2D eigenvalue weighted by molar-refractivity contribution is 9.10. The zero-order valence-corrected chi connectivity index (χ0v) is 12.8. The number of benzene rings is 1. The molecule has 2 rings (SSSR count). The Morgan fingerprint density at radius 3 is 2.53 bits per heavy atom. The maximum Gasteiger partial charge on any atom is 0.240 e. The monoisotopic (exact) mass is 343 g/mol. The first-order valence-electron chi connectivity index (χ1n) is 5.83. The van der Waals surface area contributed by atoms with Crippen molar-refractivity contribution in [2.75, 3.05) is 6.54 Å². The molecule has 0 amide bonds. The SMILES string of the molecule is CCCNS(=O)(=O)c1ccc(-n2cc(Br)cn2)cc1. The van der Waals surface area contributed by atoms with Crippen molar-refractivity contribution in [3.05, 3.63) is 41.1 Å². The predicted molar refractivity (Wildman–Crippen MR) is 76.7 cm³/mol. The lowest BCUT2D eigenvalue weighted by atomic mass is 10.3. The molecule has 0 saturated heterocycles. The van der Waals surface area contributed by atoms with Crippen molar-refractivity contribution in [3.8, 4) is 5.69 Å². The number of rotatable bonds is 5. The van der Waals surface area contributed by atoms with Gasteiger partial charge in [-0.1, -0.05) is 6.92 Å². The molecule has 2 aromatic rings. The van der Waals surface area contributed by atoms with E-state index in [0.717, 1.165) is 16.6 Å². The van der Waals surface area contributed by atoms with E-state index < -0.39 is 10.0 Å². The third kappa shape index (κ3) is 3.43. The van der Waals surface area contributed by atoms with Gasteiger partial charge in [0.15, 0.2) is 0 Å². The van der Waals surface area contributed by atoms with Crippen molar-refractivity contribution in [2.45, 2.75) is 18.2 Å². The smallest absolute Gasteiger partial charge is 0.240 e. The normalized spacial score (nSPS) is 11.7. The van der Waals surface area contributed by atoms with E-state index in [-0.39, 0.29) is 4.90 Å². The van der Waals surface area contributed by atoms with E-state index in [1.165, 1.54) is 0 Å². The molecule has 0 radical (unpaired) electrons. The molecule has 0 aliphatic rings. The Bertz CT molecular complexity index is 650. The van der Waals surface area contributed by atoms with Crippen LogP contribution in [-0.2, 0) is 10.0 Å². The molecule has 0 saturated carbocycles. The number of nitrogens with one attached hydrogen (secondary N) is 1. The van der Waals surface area contributed by atoms with E-state index in [1.54, 1.807) is 41.3 Å². The second kappa shape index (κ2) is 5.85. The molecule has 0 spiro atoms. The highest BCUT2D eigenvalue weighted by Crippen LogP contribution is 2.15. The van der Waals surface area contributed by atoms with Gasteiger partial charge in [-0.2, -0.15) is 5.10 Å². The van der Waals surface area contributed by atoms with E-state index in [4.69, 9.17) is 0 Å². The van der Waals surface area contributed by atoms with Crippen LogP contribution in [0.1, 0.15) is 13.3 Å². The van der Waals surface area contributed by atoms with Crippen LogP contribution in [0.2, 0.25) is 0 Å². The standard InChI is InChI=1S/C12H14BrN3O2S/c1-2-7-15-19(17,18)12-5-3-11(4-6-12)16-9-10(13)8-14-16/h3-6,8-9,15H,2,7H2,1H3. The molecular formula is C12H14BrN3O2S. The third-order valence-electron chi connectivity index (χ3n) is 2.50. The first kappa shape index (κ1) is 14.2. The largest absolute Gasteiger partial charge is 0.240 e. The van der Waals surface area contributed by atoms with E-state index in [1.807, 2.05) is 6.92 Å². The fourth-order valence-corrected chi connectivity index (χ4v) is 2.96. The molecule has 7 heteroatoms. The van der Waals surface area contributed by atoms with Crippen LogP contribution in [-0.4, -0.2) is 24.7 Å². The highest BCUT2D eigenvalue weighted by atomic mass is 79.9. The molecule has 1 aromatic heterocycles. The number of hydrogen-bond acceptors (Lipinski definition) is 3. The molecule has 5 nitrogen and oxygen atoms in total. The Morgan fingerprint density at radius 2 is 2.00 bits per heavy atom. The van der Waals surface area contributed by atoms with E-state index >= 15 is 0 Å². The van der Waals surface area contributed by atoms with Crippen molar-refractivity contribution in [1.82, 2.24) is 14.5 Å². The average molecular weight is 344 g/mol. The molecule has 0 bridgehead atoms. The first-order valence-corrected chi connectivity index (χ1v) is 8.11. The van der Waals surface area contributed by atoms with Gasteiger partial charge in [0.25, 0.3) is 0 Å². The van der Waals surface area contributed by atoms with Gasteiger partial charge >= 0.3 is 0 Å². The van der Waals surface area contributed by atoms with Crippen LogP contribution in [0.5, 0.6) is 0 Å². The summed E-state index contributed by atoms with van der Waals surface area (Å²) < 4.78 is 28.9. The molecule has 0 unspecified atom stereocenters. The number of aromatic nitrogens is 2. The molecule has 1 heterocycles. The van der Waals surface area contributed by atoms with Crippen molar-refractivity contribution in [2.24, 2.45) is 0 Å². The summed E-state index contributed by atoms with van der Waals surface area (Å²) in [5, 5.41) is 4.13. The lowest BCUT2D eigenvalue weighted by Crippen LogP contribution is -2.24. The maximum absolute atomic E-state index is 11.9. The minimum absolute atomic E-state index is 0.260. The zero-order chi connectivity index (χ0) is 13.9. The summed E-state index contributed by atoms with van der Waals surface area (Å²) in [5.41, 5.74) is 0.806. The summed E-state index contributed by atoms with van der Waals surface area (Å²) in [6.07, 6.45) is 4.24. The topological polar surface area (TPSA) is 64.0 Å². The fraction of sp³-hybridized carbons (Fsp3) is 0.250. The van der Waals surface area contributed by atoms with Crippen LogP contribution in [0, 0.1) is 0 Å². The van der Waals surface area contributed by atoms with Crippen LogP contribution >= 0.6 is 15.9 Å². The second-order valence-electron chi connectivity index (χ2n) is 3.99. The van der Waals surface area contributed by atoms with Crippen LogP contribution in [0.3, 0.4) is 0 Å². The lowest BCUT2D eigenvalue weighted by Gasteiger charge is -2.06. The van der Waals surface area contributed by atoms with Crippen molar-refractivity contribution >= 4 is 26.0 Å². The Morgan fingerprint density at radius 1 is 1.32 bits per heavy atom. The average Bonchev–Trinajstić information content (AvgIpc) is 2.83. The quantitative estimate of drug-likeness (QED) is 0.905. The molecule has 0 atom stereocenters. The van der Waals surface area contributed by atoms with Crippen molar-refractivity contribution in [1.29, 1.82) is 0 Å². The summed E-state index contributed by atoms with van der Waals surface area (Å²) >= 11 is 3.31.